The van der Waals surface area contributed by atoms with Gasteiger partial charge in [-0.1, -0.05) is 25.0 Å². The molecule has 0 atom stereocenters. The van der Waals surface area contributed by atoms with Crippen LogP contribution in [-0.2, 0) is 13.1 Å². The van der Waals surface area contributed by atoms with Gasteiger partial charge in [-0.05, 0) is 24.1 Å². The molecule has 0 spiro atoms. The van der Waals surface area contributed by atoms with E-state index in [4.69, 9.17) is 6.42 Å². The van der Waals surface area contributed by atoms with E-state index in [0.717, 1.165) is 25.1 Å². The van der Waals surface area contributed by atoms with Gasteiger partial charge in [0.1, 0.15) is 18.9 Å². The van der Waals surface area contributed by atoms with Crippen molar-refractivity contribution >= 4 is 0 Å². The summed E-state index contributed by atoms with van der Waals surface area (Å²) in [5.41, 5.74) is 2.20. The van der Waals surface area contributed by atoms with Gasteiger partial charge in [0.25, 0.3) is 0 Å². The zero-order chi connectivity index (χ0) is 12.1. The van der Waals surface area contributed by atoms with Crippen molar-refractivity contribution in [3.8, 4) is 12.3 Å². The molecule has 0 bridgehead atoms. The maximum Gasteiger partial charge on any atom is 0.244 e. The molecule has 0 saturated heterocycles. The second-order valence-electron chi connectivity index (χ2n) is 4.17. The second-order valence-corrected chi connectivity index (χ2v) is 4.17. The van der Waals surface area contributed by atoms with Crippen LogP contribution in [0.3, 0.4) is 0 Å². The predicted molar refractivity (Wildman–Crippen MR) is 68.4 cm³/mol. The topological polar surface area (TPSA) is 8.81 Å². The SMILES string of the molecule is C#Cc1ccc(C[n+]2ccn(CCC)c2)cc1. The highest BCUT2D eigenvalue weighted by Gasteiger charge is 2.03. The lowest BCUT2D eigenvalue weighted by Crippen LogP contribution is -2.31. The van der Waals surface area contributed by atoms with Gasteiger partial charge in [-0.2, -0.15) is 0 Å². The van der Waals surface area contributed by atoms with Gasteiger partial charge in [-0.25, -0.2) is 9.13 Å². The first-order valence-corrected chi connectivity index (χ1v) is 5.92. The second kappa shape index (κ2) is 5.36. The van der Waals surface area contributed by atoms with Gasteiger partial charge in [0.05, 0.1) is 6.54 Å². The number of hydrogen-bond donors (Lipinski definition) is 0. The lowest BCUT2D eigenvalue weighted by atomic mass is 10.1. The first-order valence-electron chi connectivity index (χ1n) is 5.92. The van der Waals surface area contributed by atoms with Crippen molar-refractivity contribution in [2.24, 2.45) is 0 Å². The van der Waals surface area contributed by atoms with Crippen molar-refractivity contribution < 1.29 is 4.57 Å². The fourth-order valence-corrected chi connectivity index (χ4v) is 1.84. The normalized spacial score (nSPS) is 10.1. The monoisotopic (exact) mass is 225 g/mol. The predicted octanol–water partition coefficient (Wildman–Crippen LogP) is 2.22. The zero-order valence-corrected chi connectivity index (χ0v) is 10.1. The van der Waals surface area contributed by atoms with Crippen LogP contribution in [0.4, 0.5) is 0 Å². The summed E-state index contributed by atoms with van der Waals surface area (Å²) in [4.78, 5) is 0. The molecule has 1 heterocycles. The number of rotatable bonds is 4. The number of hydrogen-bond acceptors (Lipinski definition) is 0. The molecule has 86 valence electrons. The van der Waals surface area contributed by atoms with Crippen molar-refractivity contribution in [1.82, 2.24) is 4.57 Å². The van der Waals surface area contributed by atoms with Crippen LogP contribution in [0.1, 0.15) is 24.5 Å². The molecule has 2 rings (SSSR count). The summed E-state index contributed by atoms with van der Waals surface area (Å²) in [6.07, 6.45) is 12.8. The van der Waals surface area contributed by atoms with E-state index in [-0.39, 0.29) is 0 Å². The molecule has 0 N–H and O–H groups in total. The molecule has 0 amide bonds. The van der Waals surface area contributed by atoms with Crippen molar-refractivity contribution in [2.45, 2.75) is 26.4 Å². The summed E-state index contributed by atoms with van der Waals surface area (Å²) in [7, 11) is 0. The van der Waals surface area contributed by atoms with Crippen molar-refractivity contribution in [3.63, 3.8) is 0 Å². The average Bonchev–Trinajstić information content (AvgIpc) is 2.78. The third-order valence-electron chi connectivity index (χ3n) is 2.71. The van der Waals surface area contributed by atoms with Crippen LogP contribution in [0, 0.1) is 12.3 Å². The average molecular weight is 225 g/mol. The molecular formula is C15H17N2+. The Hall–Kier alpha value is -2.01. The van der Waals surface area contributed by atoms with Gasteiger partial charge < -0.3 is 0 Å². The Morgan fingerprint density at radius 2 is 2.06 bits per heavy atom. The van der Waals surface area contributed by atoms with Crippen LogP contribution in [0.25, 0.3) is 0 Å². The smallest absolute Gasteiger partial charge is 0.237 e. The molecule has 2 aromatic rings. The first kappa shape index (κ1) is 11.5. The zero-order valence-electron chi connectivity index (χ0n) is 10.1. The Morgan fingerprint density at radius 3 is 2.71 bits per heavy atom. The minimum Gasteiger partial charge on any atom is -0.237 e. The lowest BCUT2D eigenvalue weighted by molar-refractivity contribution is -0.687. The summed E-state index contributed by atoms with van der Waals surface area (Å²) >= 11 is 0. The van der Waals surface area contributed by atoms with Crippen LogP contribution in [-0.4, -0.2) is 4.57 Å². The van der Waals surface area contributed by atoms with Crippen LogP contribution in [0.5, 0.6) is 0 Å². The number of aromatic nitrogens is 2. The number of nitrogens with zero attached hydrogens (tertiary/aromatic N) is 2. The molecule has 2 heteroatoms. The van der Waals surface area contributed by atoms with Gasteiger partial charge in [0.2, 0.25) is 6.33 Å². The quantitative estimate of drug-likeness (QED) is 0.557. The molecule has 0 aliphatic rings. The van der Waals surface area contributed by atoms with Gasteiger partial charge in [0.15, 0.2) is 0 Å². The number of terminal acetylenes is 1. The molecule has 0 unspecified atom stereocenters. The fraction of sp³-hybridized carbons (Fsp3) is 0.267. The Kier molecular flexibility index (Phi) is 3.62. The Balaban J connectivity index is 2.06. The van der Waals surface area contributed by atoms with Crippen LogP contribution >= 0.6 is 0 Å². The van der Waals surface area contributed by atoms with Crippen LogP contribution < -0.4 is 4.57 Å². The van der Waals surface area contributed by atoms with Crippen molar-refractivity contribution in [1.29, 1.82) is 0 Å². The van der Waals surface area contributed by atoms with Crippen molar-refractivity contribution in [3.05, 3.63) is 54.1 Å². The Labute approximate surface area is 103 Å². The summed E-state index contributed by atoms with van der Waals surface area (Å²) in [5.74, 6) is 2.63. The maximum atomic E-state index is 5.33. The molecule has 0 aliphatic heterocycles. The van der Waals surface area contributed by atoms with E-state index in [1.54, 1.807) is 0 Å². The molecule has 1 aromatic heterocycles. The molecular weight excluding hydrogens is 208 g/mol. The minimum absolute atomic E-state index is 0.890. The van der Waals surface area contributed by atoms with Gasteiger partial charge >= 0.3 is 0 Å². The highest BCUT2D eigenvalue weighted by molar-refractivity contribution is 5.33. The fourth-order valence-electron chi connectivity index (χ4n) is 1.84. The Morgan fingerprint density at radius 1 is 1.29 bits per heavy atom. The Bertz CT molecular complexity index is 515. The highest BCUT2D eigenvalue weighted by Crippen LogP contribution is 2.02. The van der Waals surface area contributed by atoms with Crippen molar-refractivity contribution in [2.75, 3.05) is 0 Å². The maximum absolute atomic E-state index is 5.33. The third-order valence-corrected chi connectivity index (χ3v) is 2.71. The number of benzene rings is 1. The number of imidazole rings is 1. The van der Waals surface area contributed by atoms with E-state index in [2.05, 4.69) is 52.8 Å². The first-order chi connectivity index (χ1) is 8.31. The molecule has 0 aliphatic carbocycles. The lowest BCUT2D eigenvalue weighted by Gasteiger charge is -1.98. The molecule has 17 heavy (non-hydrogen) atoms. The summed E-state index contributed by atoms with van der Waals surface area (Å²) in [6, 6.07) is 8.14. The van der Waals surface area contributed by atoms with E-state index in [9.17, 15) is 0 Å². The molecule has 0 saturated carbocycles. The molecule has 2 nitrogen and oxygen atoms in total. The summed E-state index contributed by atoms with van der Waals surface area (Å²) < 4.78 is 4.39. The van der Waals surface area contributed by atoms with Gasteiger partial charge in [-0.15, -0.1) is 6.42 Å². The molecule has 0 fully saturated rings. The van der Waals surface area contributed by atoms with Gasteiger partial charge in [0, 0.05) is 5.56 Å². The van der Waals surface area contributed by atoms with E-state index < -0.39 is 0 Å². The summed E-state index contributed by atoms with van der Waals surface area (Å²) in [5, 5.41) is 0. The van der Waals surface area contributed by atoms with Crippen LogP contribution in [0.15, 0.2) is 43.0 Å². The van der Waals surface area contributed by atoms with E-state index >= 15 is 0 Å². The number of aryl methyl sites for hydroxylation is 1. The highest BCUT2D eigenvalue weighted by atomic mass is 15.1. The van der Waals surface area contributed by atoms with Gasteiger partial charge in [-0.3, -0.25) is 0 Å². The molecule has 1 aromatic carbocycles. The van der Waals surface area contributed by atoms with E-state index in [1.807, 2.05) is 12.1 Å². The van der Waals surface area contributed by atoms with E-state index in [0.29, 0.717) is 0 Å². The summed E-state index contributed by atoms with van der Waals surface area (Å²) in [6.45, 7) is 4.15. The largest absolute Gasteiger partial charge is 0.244 e. The standard InChI is InChI=1S/C15H17N2/c1-3-9-16-10-11-17(13-16)12-15-7-5-14(4-2)6-8-15/h2,5-8,10-11,13H,3,9,12H2,1H3/q+1. The minimum atomic E-state index is 0.890. The third kappa shape index (κ3) is 2.98. The van der Waals surface area contributed by atoms with E-state index in [1.165, 1.54) is 5.56 Å². The van der Waals surface area contributed by atoms with Crippen LogP contribution in [0.2, 0.25) is 0 Å². The molecule has 0 radical (unpaired) electrons.